The summed E-state index contributed by atoms with van der Waals surface area (Å²) in [6.07, 6.45) is 4.93. The Morgan fingerprint density at radius 2 is 2.22 bits per heavy atom. The van der Waals surface area contributed by atoms with Crippen molar-refractivity contribution in [1.82, 2.24) is 15.0 Å². The predicted octanol–water partition coefficient (Wildman–Crippen LogP) is 2.91. The van der Waals surface area contributed by atoms with Gasteiger partial charge in [0.25, 0.3) is 0 Å². The van der Waals surface area contributed by atoms with E-state index in [4.69, 9.17) is 16.7 Å². The summed E-state index contributed by atoms with van der Waals surface area (Å²) in [5.41, 5.74) is 2.34. The number of aromatic amines is 2. The highest BCUT2D eigenvalue weighted by molar-refractivity contribution is 6.34. The summed E-state index contributed by atoms with van der Waals surface area (Å²) in [6, 6.07) is 3.41. The van der Waals surface area contributed by atoms with Crippen molar-refractivity contribution in [2.75, 3.05) is 0 Å². The van der Waals surface area contributed by atoms with Crippen LogP contribution in [0.15, 0.2) is 30.7 Å². The van der Waals surface area contributed by atoms with Crippen LogP contribution in [0.1, 0.15) is 10.5 Å². The number of pyridine rings is 1. The second-order valence-corrected chi connectivity index (χ2v) is 4.24. The van der Waals surface area contributed by atoms with Crippen LogP contribution in [0.2, 0.25) is 5.02 Å². The highest BCUT2D eigenvalue weighted by Crippen LogP contribution is 2.34. The molecule has 6 heteroatoms. The van der Waals surface area contributed by atoms with Gasteiger partial charge in [0.15, 0.2) is 0 Å². The van der Waals surface area contributed by atoms with E-state index < -0.39 is 5.97 Å². The Bertz CT molecular complexity index is 745. The van der Waals surface area contributed by atoms with Gasteiger partial charge in [0, 0.05) is 35.1 Å². The Morgan fingerprint density at radius 1 is 1.39 bits per heavy atom. The van der Waals surface area contributed by atoms with E-state index in [1.165, 1.54) is 0 Å². The number of rotatable bonds is 2. The van der Waals surface area contributed by atoms with Gasteiger partial charge in [-0.1, -0.05) is 11.6 Å². The molecule has 3 heterocycles. The molecule has 0 saturated carbocycles. The number of nitrogens with zero attached hydrogens (tertiary/aromatic N) is 1. The molecule has 0 bridgehead atoms. The van der Waals surface area contributed by atoms with Crippen LogP contribution in [0.4, 0.5) is 0 Å². The van der Waals surface area contributed by atoms with Crippen LogP contribution in [0.25, 0.3) is 22.2 Å². The second kappa shape index (κ2) is 3.89. The largest absolute Gasteiger partial charge is 0.477 e. The first-order valence-electron chi connectivity index (χ1n) is 5.20. The van der Waals surface area contributed by atoms with Crippen LogP contribution in [-0.2, 0) is 0 Å². The van der Waals surface area contributed by atoms with E-state index in [0.29, 0.717) is 10.7 Å². The fourth-order valence-corrected chi connectivity index (χ4v) is 2.20. The summed E-state index contributed by atoms with van der Waals surface area (Å²) >= 11 is 6.15. The molecule has 3 aromatic heterocycles. The smallest absolute Gasteiger partial charge is 0.352 e. The zero-order chi connectivity index (χ0) is 12.7. The van der Waals surface area contributed by atoms with Gasteiger partial charge in [-0.15, -0.1) is 0 Å². The molecular weight excluding hydrogens is 254 g/mol. The van der Waals surface area contributed by atoms with Gasteiger partial charge in [0.1, 0.15) is 11.3 Å². The minimum Gasteiger partial charge on any atom is -0.477 e. The summed E-state index contributed by atoms with van der Waals surface area (Å²) in [5.74, 6) is -1.00. The molecule has 0 spiro atoms. The van der Waals surface area contributed by atoms with Crippen LogP contribution in [0, 0.1) is 0 Å². The Kier molecular flexibility index (Phi) is 2.34. The third kappa shape index (κ3) is 1.56. The number of carbonyl (C=O) groups is 1. The maximum atomic E-state index is 10.9. The molecule has 0 fully saturated rings. The molecule has 0 atom stereocenters. The van der Waals surface area contributed by atoms with Gasteiger partial charge in [-0.25, -0.2) is 9.78 Å². The highest BCUT2D eigenvalue weighted by atomic mass is 35.5. The molecule has 0 amide bonds. The van der Waals surface area contributed by atoms with Crippen molar-refractivity contribution in [2.24, 2.45) is 0 Å². The molecular formula is C12H8ClN3O2. The van der Waals surface area contributed by atoms with E-state index in [1.54, 1.807) is 24.7 Å². The SMILES string of the molecule is O=C(O)c1cc(-c2c(Cl)cnc3[nH]ccc23)c[nH]1. The lowest BCUT2D eigenvalue weighted by Crippen LogP contribution is -1.94. The maximum absolute atomic E-state index is 10.9. The molecule has 0 aliphatic rings. The highest BCUT2D eigenvalue weighted by Gasteiger charge is 2.14. The first-order valence-corrected chi connectivity index (χ1v) is 5.58. The number of aromatic carboxylic acids is 1. The van der Waals surface area contributed by atoms with Gasteiger partial charge in [0.2, 0.25) is 0 Å². The summed E-state index contributed by atoms with van der Waals surface area (Å²) in [4.78, 5) is 20.7. The van der Waals surface area contributed by atoms with Gasteiger partial charge < -0.3 is 15.1 Å². The van der Waals surface area contributed by atoms with Gasteiger partial charge in [0.05, 0.1) is 5.02 Å². The zero-order valence-electron chi connectivity index (χ0n) is 9.07. The number of carboxylic acid groups (broad SMARTS) is 1. The molecule has 0 aliphatic carbocycles. The molecule has 3 aromatic rings. The van der Waals surface area contributed by atoms with Crippen LogP contribution in [0.3, 0.4) is 0 Å². The minimum atomic E-state index is -1.00. The first-order chi connectivity index (χ1) is 8.66. The normalized spacial score (nSPS) is 10.9. The first kappa shape index (κ1) is 10.9. The van der Waals surface area contributed by atoms with Crippen LogP contribution < -0.4 is 0 Å². The average molecular weight is 262 g/mol. The van der Waals surface area contributed by atoms with Crippen molar-refractivity contribution >= 4 is 28.6 Å². The number of aromatic nitrogens is 3. The molecule has 3 rings (SSSR count). The molecule has 0 saturated heterocycles. The van der Waals surface area contributed by atoms with Crippen LogP contribution in [-0.4, -0.2) is 26.0 Å². The molecule has 0 unspecified atom stereocenters. The lowest BCUT2D eigenvalue weighted by Gasteiger charge is -2.02. The lowest BCUT2D eigenvalue weighted by molar-refractivity contribution is 0.0691. The fourth-order valence-electron chi connectivity index (χ4n) is 1.94. The molecule has 90 valence electrons. The van der Waals surface area contributed by atoms with E-state index in [9.17, 15) is 4.79 Å². The topological polar surface area (TPSA) is 81.8 Å². The van der Waals surface area contributed by atoms with E-state index in [-0.39, 0.29) is 5.69 Å². The Labute approximate surface area is 106 Å². The number of fused-ring (bicyclic) bond motifs is 1. The quantitative estimate of drug-likeness (QED) is 0.663. The Morgan fingerprint density at radius 3 is 2.94 bits per heavy atom. The third-order valence-corrected chi connectivity index (χ3v) is 3.03. The number of H-pyrrole nitrogens is 2. The summed E-state index contributed by atoms with van der Waals surface area (Å²) < 4.78 is 0. The summed E-state index contributed by atoms with van der Waals surface area (Å²) in [7, 11) is 0. The summed E-state index contributed by atoms with van der Waals surface area (Å²) in [5, 5.41) is 10.2. The molecule has 3 N–H and O–H groups in total. The van der Waals surface area contributed by atoms with Gasteiger partial charge in [-0.3, -0.25) is 0 Å². The van der Waals surface area contributed by atoms with E-state index in [0.717, 1.165) is 16.5 Å². The monoisotopic (exact) mass is 261 g/mol. The Hall–Kier alpha value is -2.27. The van der Waals surface area contributed by atoms with Crippen molar-refractivity contribution in [1.29, 1.82) is 0 Å². The summed E-state index contributed by atoms with van der Waals surface area (Å²) in [6.45, 7) is 0. The van der Waals surface area contributed by atoms with Gasteiger partial charge in [-0.2, -0.15) is 0 Å². The zero-order valence-corrected chi connectivity index (χ0v) is 9.82. The van der Waals surface area contributed by atoms with Crippen molar-refractivity contribution in [2.45, 2.75) is 0 Å². The van der Waals surface area contributed by atoms with Crippen LogP contribution >= 0.6 is 11.6 Å². The van der Waals surface area contributed by atoms with Crippen molar-refractivity contribution in [3.8, 4) is 11.1 Å². The van der Waals surface area contributed by atoms with Crippen molar-refractivity contribution in [3.63, 3.8) is 0 Å². The van der Waals surface area contributed by atoms with E-state index >= 15 is 0 Å². The van der Waals surface area contributed by atoms with E-state index in [2.05, 4.69) is 15.0 Å². The molecule has 0 aromatic carbocycles. The van der Waals surface area contributed by atoms with Crippen molar-refractivity contribution < 1.29 is 9.90 Å². The number of carboxylic acids is 1. The molecule has 0 aliphatic heterocycles. The van der Waals surface area contributed by atoms with Crippen molar-refractivity contribution in [3.05, 3.63) is 41.4 Å². The van der Waals surface area contributed by atoms with Gasteiger partial charge >= 0.3 is 5.97 Å². The maximum Gasteiger partial charge on any atom is 0.352 e. The van der Waals surface area contributed by atoms with E-state index in [1.807, 2.05) is 6.07 Å². The molecule has 5 nitrogen and oxygen atoms in total. The third-order valence-electron chi connectivity index (χ3n) is 2.74. The number of halogens is 1. The minimum absolute atomic E-state index is 0.126. The standard InChI is InChI=1S/C12H8ClN3O2/c13-8-5-16-11-7(1-2-14-11)10(8)6-3-9(12(17)18)15-4-6/h1-5,15H,(H,14,16)(H,17,18). The Balaban J connectivity index is 2.26. The van der Waals surface area contributed by atoms with Crippen LogP contribution in [0.5, 0.6) is 0 Å². The predicted molar refractivity (Wildman–Crippen MR) is 67.8 cm³/mol. The molecule has 18 heavy (non-hydrogen) atoms. The number of nitrogens with one attached hydrogen (secondary N) is 2. The number of hydrogen-bond donors (Lipinski definition) is 3. The lowest BCUT2D eigenvalue weighted by atomic mass is 10.1. The fraction of sp³-hybridized carbons (Fsp3) is 0. The number of hydrogen-bond acceptors (Lipinski definition) is 2. The molecule has 0 radical (unpaired) electrons. The average Bonchev–Trinajstić information content (AvgIpc) is 2.95. The second-order valence-electron chi connectivity index (χ2n) is 3.83. The van der Waals surface area contributed by atoms with Gasteiger partial charge in [-0.05, 0) is 12.1 Å².